The Balaban J connectivity index is 2.30. The van der Waals surface area contributed by atoms with Crippen LogP contribution in [0.15, 0.2) is 23.1 Å². The summed E-state index contributed by atoms with van der Waals surface area (Å²) in [4.78, 5) is 24.6. The lowest BCUT2D eigenvalue weighted by molar-refractivity contribution is -0.122. The fraction of sp³-hybridized carbons (Fsp3) is 0.579. The topological polar surface area (TPSA) is 105 Å². The Bertz CT molecular complexity index is 802. The van der Waals surface area contributed by atoms with Crippen LogP contribution in [0.2, 0.25) is 0 Å². The molecule has 156 valence electrons. The SMILES string of the molecule is CCNC(=O)[C@H](C)NC(=O)c1cc(S(=O)(=O)N2CCCCCC2)ccc1OC. The summed E-state index contributed by atoms with van der Waals surface area (Å²) in [6.45, 7) is 4.75. The largest absolute Gasteiger partial charge is 0.496 e. The van der Waals surface area contributed by atoms with Crippen LogP contribution in [0, 0.1) is 0 Å². The van der Waals surface area contributed by atoms with Gasteiger partial charge < -0.3 is 15.4 Å². The van der Waals surface area contributed by atoms with Crippen molar-refractivity contribution in [1.29, 1.82) is 0 Å². The van der Waals surface area contributed by atoms with Crippen molar-refractivity contribution >= 4 is 21.8 Å². The third-order valence-electron chi connectivity index (χ3n) is 4.71. The van der Waals surface area contributed by atoms with Crippen LogP contribution in [0.25, 0.3) is 0 Å². The average Bonchev–Trinajstić information content (AvgIpc) is 2.97. The third-order valence-corrected chi connectivity index (χ3v) is 6.60. The first-order valence-corrected chi connectivity index (χ1v) is 11.0. The Labute approximate surface area is 166 Å². The second kappa shape index (κ2) is 9.88. The van der Waals surface area contributed by atoms with Crippen LogP contribution < -0.4 is 15.4 Å². The van der Waals surface area contributed by atoms with E-state index in [9.17, 15) is 18.0 Å². The number of benzene rings is 1. The molecule has 2 rings (SSSR count). The van der Waals surface area contributed by atoms with Gasteiger partial charge >= 0.3 is 0 Å². The van der Waals surface area contributed by atoms with Crippen LogP contribution in [0.5, 0.6) is 5.75 Å². The molecule has 2 N–H and O–H groups in total. The molecule has 0 aromatic heterocycles. The number of nitrogens with one attached hydrogen (secondary N) is 2. The molecule has 1 aliphatic heterocycles. The molecule has 1 heterocycles. The standard InChI is InChI=1S/C19H29N3O5S/c1-4-20-18(23)14(2)21-19(24)16-13-15(9-10-17(16)27-3)28(25,26)22-11-7-5-6-8-12-22/h9-10,13-14H,4-8,11-12H2,1-3H3,(H,20,23)(H,21,24)/t14-/m0/s1. The zero-order valence-corrected chi connectivity index (χ0v) is 17.5. The van der Waals surface area contributed by atoms with E-state index in [4.69, 9.17) is 4.74 Å². The number of carbonyl (C=O) groups is 2. The van der Waals surface area contributed by atoms with Gasteiger partial charge in [-0.15, -0.1) is 0 Å². The van der Waals surface area contributed by atoms with Crippen molar-refractivity contribution in [3.63, 3.8) is 0 Å². The van der Waals surface area contributed by atoms with E-state index in [1.54, 1.807) is 13.8 Å². The quantitative estimate of drug-likeness (QED) is 0.708. The van der Waals surface area contributed by atoms with Crippen LogP contribution in [-0.2, 0) is 14.8 Å². The lowest BCUT2D eigenvalue weighted by Crippen LogP contribution is -2.44. The number of hydrogen-bond acceptors (Lipinski definition) is 5. The molecule has 9 heteroatoms. The molecule has 1 saturated heterocycles. The van der Waals surface area contributed by atoms with Gasteiger partial charge in [0.05, 0.1) is 17.6 Å². The second-order valence-electron chi connectivity index (χ2n) is 6.77. The Morgan fingerprint density at radius 3 is 2.39 bits per heavy atom. The van der Waals surface area contributed by atoms with Crippen molar-refractivity contribution in [3.8, 4) is 5.75 Å². The molecule has 1 aliphatic rings. The number of sulfonamides is 1. The molecular weight excluding hydrogens is 382 g/mol. The predicted molar refractivity (Wildman–Crippen MR) is 106 cm³/mol. The Kier molecular flexibility index (Phi) is 7.82. The number of carbonyl (C=O) groups excluding carboxylic acids is 2. The maximum atomic E-state index is 13.0. The zero-order chi connectivity index (χ0) is 20.7. The number of methoxy groups -OCH3 is 1. The van der Waals surface area contributed by atoms with Crippen molar-refractivity contribution in [3.05, 3.63) is 23.8 Å². The monoisotopic (exact) mass is 411 g/mol. The van der Waals surface area contributed by atoms with Gasteiger partial charge in [-0.3, -0.25) is 9.59 Å². The number of nitrogens with zero attached hydrogens (tertiary/aromatic N) is 1. The normalized spacial score (nSPS) is 16.7. The van der Waals surface area contributed by atoms with E-state index >= 15 is 0 Å². The molecule has 0 saturated carbocycles. The average molecular weight is 412 g/mol. The fourth-order valence-corrected chi connectivity index (χ4v) is 4.67. The van der Waals surface area contributed by atoms with Crippen LogP contribution >= 0.6 is 0 Å². The minimum absolute atomic E-state index is 0.0472. The summed E-state index contributed by atoms with van der Waals surface area (Å²) in [6, 6.07) is 3.47. The Morgan fingerprint density at radius 1 is 1.18 bits per heavy atom. The summed E-state index contributed by atoms with van der Waals surface area (Å²) < 4.78 is 32.7. The highest BCUT2D eigenvalue weighted by molar-refractivity contribution is 7.89. The fourth-order valence-electron chi connectivity index (χ4n) is 3.12. The van der Waals surface area contributed by atoms with Gasteiger partial charge in [-0.2, -0.15) is 4.31 Å². The number of amides is 2. The first kappa shape index (κ1) is 22.2. The molecule has 8 nitrogen and oxygen atoms in total. The second-order valence-corrected chi connectivity index (χ2v) is 8.71. The van der Waals surface area contributed by atoms with Gasteiger partial charge in [0.15, 0.2) is 0 Å². The summed E-state index contributed by atoms with van der Waals surface area (Å²) in [6.07, 6.45) is 3.68. The number of likely N-dealkylation sites (N-methyl/N-ethyl adjacent to an activating group) is 1. The van der Waals surface area contributed by atoms with Crippen LogP contribution in [0.3, 0.4) is 0 Å². The summed E-state index contributed by atoms with van der Waals surface area (Å²) in [5.74, 6) is -0.637. The minimum Gasteiger partial charge on any atom is -0.496 e. The van der Waals surface area contributed by atoms with Gasteiger partial charge in [0.1, 0.15) is 11.8 Å². The van der Waals surface area contributed by atoms with Gasteiger partial charge in [0, 0.05) is 19.6 Å². The summed E-state index contributed by atoms with van der Waals surface area (Å²) >= 11 is 0. The molecule has 28 heavy (non-hydrogen) atoms. The van der Waals surface area contributed by atoms with Crippen molar-refractivity contribution in [2.75, 3.05) is 26.7 Å². The van der Waals surface area contributed by atoms with E-state index in [2.05, 4.69) is 10.6 Å². The van der Waals surface area contributed by atoms with Gasteiger partial charge in [-0.05, 0) is 44.9 Å². The molecule has 0 bridgehead atoms. The molecule has 0 aliphatic carbocycles. The maximum absolute atomic E-state index is 13.0. The van der Waals surface area contributed by atoms with Gasteiger partial charge in [0.25, 0.3) is 5.91 Å². The molecule has 1 aromatic rings. The molecule has 0 unspecified atom stereocenters. The highest BCUT2D eigenvalue weighted by atomic mass is 32.2. The maximum Gasteiger partial charge on any atom is 0.255 e. The van der Waals surface area contributed by atoms with E-state index in [0.717, 1.165) is 25.7 Å². The molecular formula is C19H29N3O5S. The molecule has 0 spiro atoms. The van der Waals surface area contributed by atoms with E-state index in [1.165, 1.54) is 29.6 Å². The minimum atomic E-state index is -3.70. The van der Waals surface area contributed by atoms with E-state index < -0.39 is 22.0 Å². The highest BCUT2D eigenvalue weighted by Crippen LogP contribution is 2.26. The van der Waals surface area contributed by atoms with E-state index in [-0.39, 0.29) is 22.1 Å². The van der Waals surface area contributed by atoms with Crippen LogP contribution in [0.1, 0.15) is 49.9 Å². The van der Waals surface area contributed by atoms with Gasteiger partial charge in [-0.25, -0.2) is 8.42 Å². The van der Waals surface area contributed by atoms with Crippen molar-refractivity contribution in [1.82, 2.24) is 14.9 Å². The molecule has 1 fully saturated rings. The van der Waals surface area contributed by atoms with Crippen molar-refractivity contribution < 1.29 is 22.7 Å². The van der Waals surface area contributed by atoms with Crippen LogP contribution in [0.4, 0.5) is 0 Å². The first-order chi connectivity index (χ1) is 13.3. The summed E-state index contributed by atoms with van der Waals surface area (Å²) in [5.41, 5.74) is 0.0783. The van der Waals surface area contributed by atoms with Gasteiger partial charge in [-0.1, -0.05) is 12.8 Å². The van der Waals surface area contributed by atoms with Gasteiger partial charge in [0.2, 0.25) is 15.9 Å². The van der Waals surface area contributed by atoms with Crippen molar-refractivity contribution in [2.24, 2.45) is 0 Å². The lowest BCUT2D eigenvalue weighted by Gasteiger charge is -2.21. The van der Waals surface area contributed by atoms with Crippen LogP contribution in [-0.4, -0.2) is 57.3 Å². The molecule has 1 aromatic carbocycles. The Morgan fingerprint density at radius 2 is 1.82 bits per heavy atom. The lowest BCUT2D eigenvalue weighted by atomic mass is 10.1. The molecule has 2 amide bonds. The van der Waals surface area contributed by atoms with E-state index in [1.807, 2.05) is 0 Å². The summed E-state index contributed by atoms with van der Waals surface area (Å²) in [7, 11) is -2.30. The molecule has 0 radical (unpaired) electrons. The summed E-state index contributed by atoms with van der Waals surface area (Å²) in [5, 5.41) is 5.21. The van der Waals surface area contributed by atoms with E-state index in [0.29, 0.717) is 19.6 Å². The first-order valence-electron chi connectivity index (χ1n) is 9.58. The molecule has 1 atom stereocenters. The number of ether oxygens (including phenoxy) is 1. The zero-order valence-electron chi connectivity index (χ0n) is 16.7. The van der Waals surface area contributed by atoms with Crippen molar-refractivity contribution in [2.45, 2.75) is 50.5 Å². The highest BCUT2D eigenvalue weighted by Gasteiger charge is 2.27. The number of hydrogen-bond donors (Lipinski definition) is 2. The number of rotatable bonds is 7. The predicted octanol–water partition coefficient (Wildman–Crippen LogP) is 1.51. The third kappa shape index (κ3) is 5.23. The Hall–Kier alpha value is -2.13. The smallest absolute Gasteiger partial charge is 0.255 e.